The Morgan fingerprint density at radius 1 is 1.27 bits per heavy atom. The van der Waals surface area contributed by atoms with Crippen molar-refractivity contribution in [2.45, 2.75) is 64.4 Å². The summed E-state index contributed by atoms with van der Waals surface area (Å²) >= 11 is 0. The fourth-order valence-corrected chi connectivity index (χ4v) is 5.11. The molecule has 0 N–H and O–H groups in total. The number of aromatic nitrogens is 2. The summed E-state index contributed by atoms with van der Waals surface area (Å²) in [5.41, 5.74) is 1.58. The second-order valence-electron chi connectivity index (χ2n) is 9.57. The molecule has 3 rings (SSSR count). The number of fused-ring (bicyclic) bond motifs is 1. The van der Waals surface area contributed by atoms with Crippen LogP contribution < -0.4 is 4.90 Å². The lowest BCUT2D eigenvalue weighted by Gasteiger charge is -2.42. The van der Waals surface area contributed by atoms with Crippen LogP contribution in [0.4, 0.5) is 11.4 Å². The van der Waals surface area contributed by atoms with Gasteiger partial charge in [0, 0.05) is 38.6 Å². The van der Waals surface area contributed by atoms with Gasteiger partial charge in [0.2, 0.25) is 0 Å². The van der Waals surface area contributed by atoms with E-state index in [-0.39, 0.29) is 21.8 Å². The van der Waals surface area contributed by atoms with E-state index in [9.17, 15) is 10.1 Å². The Morgan fingerprint density at radius 2 is 1.93 bits per heavy atom. The Morgan fingerprint density at radius 3 is 2.50 bits per heavy atom. The maximum absolute atomic E-state index is 11.8. The number of anilines is 1. The average Bonchev–Trinajstić information content (AvgIpc) is 3.08. The zero-order valence-electron chi connectivity index (χ0n) is 19.0. The first kappa shape index (κ1) is 22.7. The molecule has 8 nitrogen and oxygen atoms in total. The smallest absolute Gasteiger partial charge is 0.293 e. The molecule has 166 valence electrons. The van der Waals surface area contributed by atoms with Crippen molar-refractivity contribution in [1.82, 2.24) is 9.78 Å². The zero-order valence-corrected chi connectivity index (χ0v) is 20.0. The second kappa shape index (κ2) is 8.64. The fraction of sp³-hybridized carbons (Fsp3) is 0.667. The minimum absolute atomic E-state index is 0.137. The summed E-state index contributed by atoms with van der Waals surface area (Å²) in [6.07, 6.45) is 3.86. The summed E-state index contributed by atoms with van der Waals surface area (Å²) in [6, 6.07) is 3.30. The molecule has 0 amide bonds. The number of hydrogen-bond acceptors (Lipinski definition) is 6. The van der Waals surface area contributed by atoms with Crippen LogP contribution in [-0.4, -0.2) is 55.9 Å². The number of ether oxygens (including phenoxy) is 1. The van der Waals surface area contributed by atoms with Crippen LogP contribution in [0.5, 0.6) is 0 Å². The van der Waals surface area contributed by atoms with E-state index in [1.54, 1.807) is 23.9 Å². The molecule has 30 heavy (non-hydrogen) atoms. The van der Waals surface area contributed by atoms with Gasteiger partial charge in [-0.1, -0.05) is 20.8 Å². The van der Waals surface area contributed by atoms with Crippen LogP contribution in [0.3, 0.4) is 0 Å². The third-order valence-electron chi connectivity index (χ3n) is 6.43. The van der Waals surface area contributed by atoms with Crippen molar-refractivity contribution in [3.8, 4) is 0 Å². The number of nitrogens with zero attached hydrogens (tertiary/aromatic N) is 4. The van der Waals surface area contributed by atoms with Gasteiger partial charge in [0.25, 0.3) is 5.69 Å². The number of hydrogen-bond donors (Lipinski definition) is 0. The molecule has 0 atom stereocenters. The van der Waals surface area contributed by atoms with E-state index in [4.69, 9.17) is 9.16 Å². The van der Waals surface area contributed by atoms with E-state index in [1.165, 1.54) is 0 Å². The minimum atomic E-state index is -1.83. The first-order chi connectivity index (χ1) is 14.0. The molecular weight excluding hydrogens is 400 g/mol. The van der Waals surface area contributed by atoms with Crippen molar-refractivity contribution in [2.24, 2.45) is 0 Å². The Kier molecular flexibility index (Phi) is 6.54. The summed E-state index contributed by atoms with van der Waals surface area (Å²) in [6.45, 7) is 13.9. The molecule has 0 bridgehead atoms. The van der Waals surface area contributed by atoms with Crippen molar-refractivity contribution in [3.05, 3.63) is 28.4 Å². The molecule has 2 aromatic rings. The number of piperidine rings is 1. The van der Waals surface area contributed by atoms with Gasteiger partial charge in [-0.2, -0.15) is 5.10 Å². The van der Waals surface area contributed by atoms with Gasteiger partial charge in [0.05, 0.1) is 29.0 Å². The molecule has 2 heterocycles. The molecule has 0 radical (unpaired) electrons. The van der Waals surface area contributed by atoms with Gasteiger partial charge in [-0.15, -0.1) is 0 Å². The SMILES string of the molecule is COCCn1cc2c(N3CCC(O[Si](C)(C)C(C)(C)C)CC3)c([N+](=O)[O-])ccc2n1. The van der Waals surface area contributed by atoms with Gasteiger partial charge in [0.15, 0.2) is 8.32 Å². The van der Waals surface area contributed by atoms with Gasteiger partial charge < -0.3 is 14.1 Å². The molecule has 0 saturated carbocycles. The van der Waals surface area contributed by atoms with Gasteiger partial charge in [-0.3, -0.25) is 14.8 Å². The van der Waals surface area contributed by atoms with E-state index in [0.717, 1.165) is 36.8 Å². The second-order valence-corrected chi connectivity index (χ2v) is 14.3. The highest BCUT2D eigenvalue weighted by Gasteiger charge is 2.40. The molecule has 0 unspecified atom stereocenters. The number of nitro benzene ring substituents is 1. The third kappa shape index (κ3) is 4.68. The Labute approximate surface area is 179 Å². The largest absolute Gasteiger partial charge is 0.414 e. The van der Waals surface area contributed by atoms with Crippen molar-refractivity contribution >= 4 is 30.6 Å². The summed E-state index contributed by atoms with van der Waals surface area (Å²) in [7, 11) is -0.179. The first-order valence-electron chi connectivity index (χ1n) is 10.6. The van der Waals surface area contributed by atoms with Crippen LogP contribution in [0.25, 0.3) is 10.9 Å². The predicted octanol–water partition coefficient (Wildman–Crippen LogP) is 4.58. The lowest BCUT2D eigenvalue weighted by molar-refractivity contribution is -0.384. The fourth-order valence-electron chi connectivity index (χ4n) is 3.69. The van der Waals surface area contributed by atoms with E-state index in [1.807, 2.05) is 6.20 Å². The van der Waals surface area contributed by atoms with Crippen molar-refractivity contribution in [3.63, 3.8) is 0 Å². The number of benzene rings is 1. The number of methoxy groups -OCH3 is 1. The van der Waals surface area contributed by atoms with Crippen LogP contribution in [0, 0.1) is 10.1 Å². The Bertz CT molecular complexity index is 898. The van der Waals surface area contributed by atoms with E-state index < -0.39 is 8.32 Å². The molecule has 9 heteroatoms. The van der Waals surface area contributed by atoms with E-state index in [2.05, 4.69) is 43.9 Å². The van der Waals surface area contributed by atoms with Crippen LogP contribution in [0.2, 0.25) is 18.1 Å². The quantitative estimate of drug-likeness (QED) is 0.360. The normalized spacial score (nSPS) is 16.4. The molecule has 1 aromatic heterocycles. The van der Waals surface area contributed by atoms with Crippen molar-refractivity contribution in [2.75, 3.05) is 31.7 Å². The molecule has 1 aromatic carbocycles. The zero-order chi connectivity index (χ0) is 22.1. The van der Waals surface area contributed by atoms with Gasteiger partial charge in [-0.05, 0) is 37.0 Å². The highest BCUT2D eigenvalue weighted by Crippen LogP contribution is 2.40. The number of rotatable bonds is 7. The summed E-state index contributed by atoms with van der Waals surface area (Å²) < 4.78 is 13.5. The Hall–Kier alpha value is -1.97. The monoisotopic (exact) mass is 434 g/mol. The maximum atomic E-state index is 11.8. The molecule has 1 aliphatic heterocycles. The lowest BCUT2D eigenvalue weighted by atomic mass is 10.1. The average molecular weight is 435 g/mol. The summed E-state index contributed by atoms with van der Waals surface area (Å²) in [5, 5.41) is 17.3. The topological polar surface area (TPSA) is 82.7 Å². The maximum Gasteiger partial charge on any atom is 0.293 e. The summed E-state index contributed by atoms with van der Waals surface area (Å²) in [4.78, 5) is 13.6. The predicted molar refractivity (Wildman–Crippen MR) is 122 cm³/mol. The van der Waals surface area contributed by atoms with Crippen LogP contribution in [-0.2, 0) is 15.7 Å². The summed E-state index contributed by atoms with van der Waals surface area (Å²) in [5.74, 6) is 0. The molecule has 1 saturated heterocycles. The van der Waals surface area contributed by atoms with Gasteiger partial charge in [-0.25, -0.2) is 0 Å². The standard InChI is InChI=1S/C21H34N4O4Si/c1-21(2,3)30(5,6)29-16-9-11-23(12-10-16)20-17-15-24(13-14-28-4)22-18(17)7-8-19(20)25(26)27/h7-8,15-16H,9-14H2,1-6H3. The van der Waals surface area contributed by atoms with E-state index in [0.29, 0.717) is 18.8 Å². The lowest BCUT2D eigenvalue weighted by Crippen LogP contribution is -2.47. The third-order valence-corrected chi connectivity index (χ3v) is 11.0. The van der Waals surface area contributed by atoms with Gasteiger partial charge >= 0.3 is 0 Å². The van der Waals surface area contributed by atoms with Gasteiger partial charge in [0.1, 0.15) is 5.69 Å². The minimum Gasteiger partial charge on any atom is -0.414 e. The first-order valence-corrected chi connectivity index (χ1v) is 13.5. The van der Waals surface area contributed by atoms with Crippen LogP contribution >= 0.6 is 0 Å². The van der Waals surface area contributed by atoms with E-state index >= 15 is 0 Å². The number of nitro groups is 1. The van der Waals surface area contributed by atoms with Crippen LogP contribution in [0.15, 0.2) is 18.3 Å². The molecule has 1 fully saturated rings. The van der Waals surface area contributed by atoms with Crippen molar-refractivity contribution < 1.29 is 14.1 Å². The molecule has 0 spiro atoms. The van der Waals surface area contributed by atoms with Crippen molar-refractivity contribution in [1.29, 1.82) is 0 Å². The highest BCUT2D eigenvalue weighted by molar-refractivity contribution is 6.74. The van der Waals surface area contributed by atoms with Crippen LogP contribution in [0.1, 0.15) is 33.6 Å². The Balaban J connectivity index is 1.83. The molecule has 1 aliphatic rings. The highest BCUT2D eigenvalue weighted by atomic mass is 28.4. The molecular formula is C21H34N4O4Si. The molecule has 0 aliphatic carbocycles.